The first kappa shape index (κ1) is 9.93. The first-order chi connectivity index (χ1) is 4.70. The minimum atomic E-state index is -1.14. The van der Waals surface area contributed by atoms with Gasteiger partial charge in [0.05, 0.1) is 5.75 Å². The molecule has 1 fully saturated rings. The summed E-state index contributed by atoms with van der Waals surface area (Å²) in [6, 6.07) is 0. The topological polar surface area (TPSA) is 66.4 Å². The molecule has 0 aromatic carbocycles. The molecule has 0 bridgehead atoms. The molecule has 0 aliphatic carbocycles. The van der Waals surface area contributed by atoms with E-state index in [0.717, 1.165) is 10.8 Å². The van der Waals surface area contributed by atoms with E-state index in [9.17, 15) is 9.00 Å². The zero-order valence-corrected chi connectivity index (χ0v) is 7.13. The van der Waals surface area contributed by atoms with E-state index in [2.05, 4.69) is 4.72 Å². The third kappa shape index (κ3) is 4.78. The maximum Gasteiger partial charge on any atom is 0.243 e. The van der Waals surface area contributed by atoms with Gasteiger partial charge in [0.25, 0.3) is 0 Å². The average molecular weight is 183 g/mol. The van der Waals surface area contributed by atoms with Crippen LogP contribution in [0.4, 0.5) is 0 Å². The predicted octanol–water partition coefficient (Wildman–Crippen LogP) is -0.573. The molecular weight excluding hydrogens is 174 g/mol. The Balaban J connectivity index is 0.000000236. The smallest absolute Gasteiger partial charge is 0.243 e. The zero-order valence-electron chi connectivity index (χ0n) is 5.49. The van der Waals surface area contributed by atoms with Gasteiger partial charge in [0, 0.05) is 6.61 Å². The highest BCUT2D eigenvalue weighted by Crippen LogP contribution is 2.09. The third-order valence-electron chi connectivity index (χ3n) is 0.494. The summed E-state index contributed by atoms with van der Waals surface area (Å²) in [5.74, 6) is 0.204. The minimum absolute atomic E-state index is 0.136. The van der Waals surface area contributed by atoms with Gasteiger partial charge in [0.15, 0.2) is 10.0 Å². The largest absolute Gasteiger partial charge is 0.397 e. The quantitative estimate of drug-likeness (QED) is 0.493. The van der Waals surface area contributed by atoms with E-state index in [4.69, 9.17) is 5.11 Å². The van der Waals surface area contributed by atoms with Gasteiger partial charge in [-0.25, -0.2) is 4.21 Å². The second kappa shape index (κ2) is 5.70. The SMILES string of the molecule is CCO.O=C1CSS(=O)N1. The third-order valence-corrected chi connectivity index (χ3v) is 2.73. The number of carbonyl (C=O) groups is 1. The molecule has 4 nitrogen and oxygen atoms in total. The van der Waals surface area contributed by atoms with Crippen molar-refractivity contribution in [2.24, 2.45) is 0 Å². The molecule has 0 saturated carbocycles. The zero-order chi connectivity index (χ0) is 7.98. The molecule has 1 heterocycles. The van der Waals surface area contributed by atoms with Crippen molar-refractivity contribution in [2.45, 2.75) is 6.92 Å². The van der Waals surface area contributed by atoms with Crippen molar-refractivity contribution in [3.05, 3.63) is 0 Å². The van der Waals surface area contributed by atoms with E-state index in [1.165, 1.54) is 0 Å². The van der Waals surface area contributed by atoms with Gasteiger partial charge in [-0.2, -0.15) is 0 Å². The van der Waals surface area contributed by atoms with Gasteiger partial charge in [0.2, 0.25) is 5.91 Å². The molecule has 1 aliphatic rings. The predicted molar refractivity (Wildman–Crippen MR) is 41.5 cm³/mol. The maximum absolute atomic E-state index is 10.2. The lowest BCUT2D eigenvalue weighted by Crippen LogP contribution is -2.15. The Hall–Kier alpha value is -0.0700. The highest BCUT2D eigenvalue weighted by atomic mass is 33.1. The van der Waals surface area contributed by atoms with Crippen molar-refractivity contribution in [3.8, 4) is 0 Å². The average Bonchev–Trinajstić information content (AvgIpc) is 2.17. The lowest BCUT2D eigenvalue weighted by atomic mass is 10.8. The number of amides is 1. The van der Waals surface area contributed by atoms with Crippen LogP contribution in [-0.2, 0) is 14.8 Å². The number of nitrogens with one attached hydrogen (secondary N) is 1. The number of aliphatic hydroxyl groups excluding tert-OH is 1. The van der Waals surface area contributed by atoms with Crippen LogP contribution in [0.25, 0.3) is 0 Å². The Bertz CT molecular complexity index is 124. The molecule has 1 unspecified atom stereocenters. The molecule has 1 aliphatic heterocycles. The van der Waals surface area contributed by atoms with E-state index in [1.54, 1.807) is 6.92 Å². The molecule has 6 heteroatoms. The van der Waals surface area contributed by atoms with Crippen molar-refractivity contribution in [1.29, 1.82) is 0 Å². The molecule has 2 N–H and O–H groups in total. The molecule has 1 rings (SSSR count). The summed E-state index contributed by atoms with van der Waals surface area (Å²) in [6.45, 7) is 1.93. The fraction of sp³-hybridized carbons (Fsp3) is 0.750. The van der Waals surface area contributed by atoms with Crippen LogP contribution in [0, 0.1) is 0 Å². The van der Waals surface area contributed by atoms with Crippen LogP contribution in [0.2, 0.25) is 0 Å². The molecular formula is C4H9NO3S2. The van der Waals surface area contributed by atoms with E-state index in [-0.39, 0.29) is 12.5 Å². The molecule has 1 amide bonds. The van der Waals surface area contributed by atoms with E-state index in [1.807, 2.05) is 0 Å². The van der Waals surface area contributed by atoms with E-state index >= 15 is 0 Å². The molecule has 0 radical (unpaired) electrons. The summed E-state index contributed by atoms with van der Waals surface area (Å²) in [5, 5.41) is 7.57. The minimum Gasteiger partial charge on any atom is -0.397 e. The standard InChI is InChI=1S/C2H3NO2S2.C2H6O/c4-2-1-6-7(5)3-2;1-2-3/h1H2,(H,3,4);3H,2H2,1H3. The summed E-state index contributed by atoms with van der Waals surface area (Å²) in [6.07, 6.45) is 0. The van der Waals surface area contributed by atoms with Crippen LogP contribution >= 0.6 is 10.8 Å². The lowest BCUT2D eigenvalue weighted by molar-refractivity contribution is -0.116. The van der Waals surface area contributed by atoms with Gasteiger partial charge in [0.1, 0.15) is 0 Å². The number of carbonyl (C=O) groups excluding carboxylic acids is 1. The molecule has 0 aromatic rings. The second-order valence-corrected chi connectivity index (χ2v) is 4.15. The second-order valence-electron chi connectivity index (χ2n) is 1.34. The highest BCUT2D eigenvalue weighted by molar-refractivity contribution is 8.69. The van der Waals surface area contributed by atoms with Gasteiger partial charge in [-0.05, 0) is 17.7 Å². The van der Waals surface area contributed by atoms with E-state index in [0.29, 0.717) is 5.75 Å². The summed E-state index contributed by atoms with van der Waals surface area (Å²) < 4.78 is 12.4. The summed E-state index contributed by atoms with van der Waals surface area (Å²) in [7, 11) is -0.0189. The molecule has 0 spiro atoms. The Morgan fingerprint density at radius 2 is 2.40 bits per heavy atom. The van der Waals surface area contributed by atoms with Crippen molar-refractivity contribution in [3.63, 3.8) is 0 Å². The van der Waals surface area contributed by atoms with E-state index < -0.39 is 10.0 Å². The van der Waals surface area contributed by atoms with Crippen LogP contribution in [0.15, 0.2) is 0 Å². The highest BCUT2D eigenvalue weighted by Gasteiger charge is 2.15. The molecule has 0 aromatic heterocycles. The van der Waals surface area contributed by atoms with Crippen LogP contribution < -0.4 is 4.72 Å². The van der Waals surface area contributed by atoms with Gasteiger partial charge >= 0.3 is 0 Å². The molecule has 60 valence electrons. The maximum atomic E-state index is 10.2. The molecule has 1 atom stereocenters. The van der Waals surface area contributed by atoms with Crippen LogP contribution in [-0.4, -0.2) is 27.6 Å². The van der Waals surface area contributed by atoms with Crippen molar-refractivity contribution in [1.82, 2.24) is 4.72 Å². The Morgan fingerprint density at radius 1 is 1.90 bits per heavy atom. The summed E-state index contributed by atoms with van der Waals surface area (Å²) in [4.78, 5) is 10.1. The Kier molecular flexibility index (Phi) is 5.66. The fourth-order valence-corrected chi connectivity index (χ4v) is 2.05. The monoisotopic (exact) mass is 183 g/mol. The Morgan fingerprint density at radius 3 is 2.50 bits per heavy atom. The van der Waals surface area contributed by atoms with Crippen LogP contribution in [0.1, 0.15) is 6.92 Å². The Labute approximate surface area is 65.4 Å². The lowest BCUT2D eigenvalue weighted by Gasteiger charge is -1.79. The van der Waals surface area contributed by atoms with Crippen LogP contribution in [0.5, 0.6) is 0 Å². The van der Waals surface area contributed by atoms with Crippen molar-refractivity contribution >= 4 is 26.7 Å². The van der Waals surface area contributed by atoms with Gasteiger partial charge in [-0.15, -0.1) is 0 Å². The summed E-state index contributed by atoms with van der Waals surface area (Å²) in [5.41, 5.74) is 0. The van der Waals surface area contributed by atoms with Crippen LogP contribution in [0.3, 0.4) is 0 Å². The number of aliphatic hydroxyl groups is 1. The number of hydrogen-bond donors (Lipinski definition) is 2. The van der Waals surface area contributed by atoms with Crippen molar-refractivity contribution in [2.75, 3.05) is 12.4 Å². The fourth-order valence-electron chi connectivity index (χ4n) is 0.259. The normalized spacial score (nSPS) is 23.0. The summed E-state index contributed by atoms with van der Waals surface area (Å²) >= 11 is 0. The first-order valence-electron chi connectivity index (χ1n) is 2.66. The first-order valence-corrected chi connectivity index (χ1v) is 5.31. The molecule has 10 heavy (non-hydrogen) atoms. The number of hydrogen-bond acceptors (Lipinski definition) is 4. The molecule has 1 saturated heterocycles. The van der Waals surface area contributed by atoms with Crippen molar-refractivity contribution < 1.29 is 14.1 Å². The van der Waals surface area contributed by atoms with Gasteiger partial charge in [-0.3, -0.25) is 9.52 Å². The van der Waals surface area contributed by atoms with Gasteiger partial charge < -0.3 is 5.11 Å². The number of rotatable bonds is 0. The van der Waals surface area contributed by atoms with Gasteiger partial charge in [-0.1, -0.05) is 0 Å².